The Morgan fingerprint density at radius 1 is 1.27 bits per heavy atom. The van der Waals surface area contributed by atoms with E-state index in [1.165, 1.54) is 51.9 Å². The number of piperazine rings is 1. The Morgan fingerprint density at radius 3 is 2.67 bits per heavy atom. The van der Waals surface area contributed by atoms with Crippen molar-refractivity contribution in [2.75, 3.05) is 26.2 Å². The number of hydrogen-bond donors (Lipinski definition) is 1. The van der Waals surface area contributed by atoms with Crippen molar-refractivity contribution in [1.29, 1.82) is 0 Å². The van der Waals surface area contributed by atoms with Gasteiger partial charge in [0.15, 0.2) is 0 Å². The van der Waals surface area contributed by atoms with E-state index in [4.69, 9.17) is 0 Å². The first-order chi connectivity index (χ1) is 7.27. The van der Waals surface area contributed by atoms with Gasteiger partial charge in [-0.15, -0.1) is 0 Å². The Hall–Kier alpha value is -0.0800. The third-order valence-corrected chi connectivity index (χ3v) is 4.14. The van der Waals surface area contributed by atoms with E-state index in [9.17, 15) is 0 Å². The van der Waals surface area contributed by atoms with Gasteiger partial charge in [0.25, 0.3) is 0 Å². The van der Waals surface area contributed by atoms with Crippen molar-refractivity contribution in [1.82, 2.24) is 10.2 Å². The lowest BCUT2D eigenvalue weighted by atomic mass is 9.98. The molecule has 1 saturated heterocycles. The van der Waals surface area contributed by atoms with Crippen LogP contribution in [0.3, 0.4) is 0 Å². The van der Waals surface area contributed by atoms with Crippen LogP contribution in [0.4, 0.5) is 0 Å². The zero-order valence-corrected chi connectivity index (χ0v) is 10.3. The SMILES string of the molecule is CC(C)C1CNCCN1CC1CCCC1. The molecule has 0 aromatic heterocycles. The summed E-state index contributed by atoms with van der Waals surface area (Å²) >= 11 is 0. The van der Waals surface area contributed by atoms with Crippen LogP contribution in [0.25, 0.3) is 0 Å². The largest absolute Gasteiger partial charge is 0.314 e. The van der Waals surface area contributed by atoms with Crippen molar-refractivity contribution < 1.29 is 0 Å². The van der Waals surface area contributed by atoms with E-state index >= 15 is 0 Å². The molecule has 1 unspecified atom stereocenters. The molecule has 0 amide bonds. The molecule has 1 aliphatic heterocycles. The van der Waals surface area contributed by atoms with Crippen molar-refractivity contribution in [3.05, 3.63) is 0 Å². The second kappa shape index (κ2) is 5.31. The molecule has 1 atom stereocenters. The lowest BCUT2D eigenvalue weighted by Gasteiger charge is -2.40. The third-order valence-electron chi connectivity index (χ3n) is 4.14. The lowest BCUT2D eigenvalue weighted by Crippen LogP contribution is -2.54. The Kier molecular flexibility index (Phi) is 4.04. The Morgan fingerprint density at radius 2 is 2.00 bits per heavy atom. The van der Waals surface area contributed by atoms with Gasteiger partial charge in [0.05, 0.1) is 0 Å². The number of hydrogen-bond acceptors (Lipinski definition) is 2. The van der Waals surface area contributed by atoms with E-state index in [0.717, 1.165) is 17.9 Å². The fourth-order valence-corrected chi connectivity index (χ4v) is 3.18. The van der Waals surface area contributed by atoms with Gasteiger partial charge < -0.3 is 5.32 Å². The summed E-state index contributed by atoms with van der Waals surface area (Å²) < 4.78 is 0. The Labute approximate surface area is 94.4 Å². The van der Waals surface area contributed by atoms with Crippen LogP contribution in [0.1, 0.15) is 39.5 Å². The molecule has 2 aliphatic rings. The maximum atomic E-state index is 3.53. The minimum absolute atomic E-state index is 0.777. The molecule has 88 valence electrons. The van der Waals surface area contributed by atoms with E-state index in [1.807, 2.05) is 0 Å². The standard InChI is InChI=1S/C13H26N2/c1-11(2)13-9-14-7-8-15(13)10-12-5-3-4-6-12/h11-14H,3-10H2,1-2H3. The van der Waals surface area contributed by atoms with E-state index in [0.29, 0.717) is 0 Å². The van der Waals surface area contributed by atoms with Gasteiger partial charge in [0.2, 0.25) is 0 Å². The molecule has 1 saturated carbocycles. The number of nitrogens with zero attached hydrogens (tertiary/aromatic N) is 1. The molecule has 1 N–H and O–H groups in total. The summed E-state index contributed by atoms with van der Waals surface area (Å²) in [5.41, 5.74) is 0. The first-order valence-electron chi connectivity index (χ1n) is 6.72. The van der Waals surface area contributed by atoms with Gasteiger partial charge in [-0.1, -0.05) is 26.7 Å². The molecule has 1 aliphatic carbocycles. The van der Waals surface area contributed by atoms with Crippen LogP contribution < -0.4 is 5.32 Å². The average molecular weight is 210 g/mol. The maximum Gasteiger partial charge on any atom is 0.0244 e. The van der Waals surface area contributed by atoms with Gasteiger partial charge in [-0.2, -0.15) is 0 Å². The van der Waals surface area contributed by atoms with Gasteiger partial charge in [-0.25, -0.2) is 0 Å². The predicted molar refractivity (Wildman–Crippen MR) is 65.0 cm³/mol. The highest BCUT2D eigenvalue weighted by atomic mass is 15.2. The van der Waals surface area contributed by atoms with Crippen LogP contribution in [0, 0.1) is 11.8 Å². The van der Waals surface area contributed by atoms with Crippen molar-refractivity contribution in [3.8, 4) is 0 Å². The van der Waals surface area contributed by atoms with Gasteiger partial charge in [0, 0.05) is 32.2 Å². The first-order valence-corrected chi connectivity index (χ1v) is 6.72. The van der Waals surface area contributed by atoms with Crippen LogP contribution in [0.5, 0.6) is 0 Å². The third kappa shape index (κ3) is 2.94. The van der Waals surface area contributed by atoms with Crippen LogP contribution in [0.15, 0.2) is 0 Å². The summed E-state index contributed by atoms with van der Waals surface area (Å²) in [6, 6.07) is 0.777. The molecule has 2 heteroatoms. The van der Waals surface area contributed by atoms with Crippen molar-refractivity contribution in [3.63, 3.8) is 0 Å². The van der Waals surface area contributed by atoms with E-state index in [2.05, 4.69) is 24.1 Å². The molecule has 1 heterocycles. The van der Waals surface area contributed by atoms with Crippen LogP contribution >= 0.6 is 0 Å². The fourth-order valence-electron chi connectivity index (χ4n) is 3.18. The molecule has 0 radical (unpaired) electrons. The highest BCUT2D eigenvalue weighted by Crippen LogP contribution is 2.27. The van der Waals surface area contributed by atoms with Crippen molar-refractivity contribution in [2.24, 2.45) is 11.8 Å². The zero-order chi connectivity index (χ0) is 10.7. The molecule has 0 bridgehead atoms. The van der Waals surface area contributed by atoms with Gasteiger partial charge >= 0.3 is 0 Å². The second-order valence-corrected chi connectivity index (χ2v) is 5.66. The van der Waals surface area contributed by atoms with E-state index in [1.54, 1.807) is 0 Å². The summed E-state index contributed by atoms with van der Waals surface area (Å²) in [4.78, 5) is 2.75. The normalized spacial score (nSPS) is 30.2. The topological polar surface area (TPSA) is 15.3 Å². The predicted octanol–water partition coefficient (Wildman–Crippen LogP) is 2.11. The van der Waals surface area contributed by atoms with E-state index in [-0.39, 0.29) is 0 Å². The highest BCUT2D eigenvalue weighted by molar-refractivity contribution is 4.84. The smallest absolute Gasteiger partial charge is 0.0244 e. The molecule has 0 aromatic carbocycles. The Bertz CT molecular complexity index is 185. The minimum atomic E-state index is 0.777. The molecular weight excluding hydrogens is 184 g/mol. The van der Waals surface area contributed by atoms with Crippen LogP contribution in [0.2, 0.25) is 0 Å². The summed E-state index contributed by atoms with van der Waals surface area (Å²) in [5.74, 6) is 1.79. The van der Waals surface area contributed by atoms with Crippen molar-refractivity contribution >= 4 is 0 Å². The average Bonchev–Trinajstić information content (AvgIpc) is 2.71. The highest BCUT2D eigenvalue weighted by Gasteiger charge is 2.27. The molecule has 2 nitrogen and oxygen atoms in total. The molecule has 15 heavy (non-hydrogen) atoms. The molecule has 0 aromatic rings. The molecule has 0 spiro atoms. The van der Waals surface area contributed by atoms with Gasteiger partial charge in [0.1, 0.15) is 0 Å². The molecular formula is C13H26N2. The van der Waals surface area contributed by atoms with Crippen molar-refractivity contribution in [2.45, 2.75) is 45.6 Å². The second-order valence-electron chi connectivity index (χ2n) is 5.66. The minimum Gasteiger partial charge on any atom is -0.314 e. The quantitative estimate of drug-likeness (QED) is 0.767. The Balaban J connectivity index is 1.86. The first kappa shape index (κ1) is 11.4. The molecule has 2 rings (SSSR count). The summed E-state index contributed by atoms with van der Waals surface area (Å²) in [6.07, 6.45) is 5.91. The summed E-state index contributed by atoms with van der Waals surface area (Å²) in [6.45, 7) is 9.74. The molecule has 2 fully saturated rings. The summed E-state index contributed by atoms with van der Waals surface area (Å²) in [7, 11) is 0. The number of nitrogens with one attached hydrogen (secondary N) is 1. The van der Waals surface area contributed by atoms with Gasteiger partial charge in [-0.3, -0.25) is 4.90 Å². The van der Waals surface area contributed by atoms with Gasteiger partial charge in [-0.05, 0) is 24.7 Å². The monoisotopic (exact) mass is 210 g/mol. The summed E-state index contributed by atoms with van der Waals surface area (Å²) in [5, 5.41) is 3.53. The zero-order valence-electron chi connectivity index (χ0n) is 10.3. The maximum absolute atomic E-state index is 3.53. The lowest BCUT2D eigenvalue weighted by molar-refractivity contribution is 0.106. The fraction of sp³-hybridized carbons (Fsp3) is 1.00. The van der Waals surface area contributed by atoms with Crippen LogP contribution in [-0.4, -0.2) is 37.1 Å². The van der Waals surface area contributed by atoms with Crippen LogP contribution in [-0.2, 0) is 0 Å². The number of rotatable bonds is 3. The van der Waals surface area contributed by atoms with E-state index < -0.39 is 0 Å².